The van der Waals surface area contributed by atoms with E-state index in [1.165, 1.54) is 11.0 Å². The molecule has 2 aromatic carbocycles. The first-order chi connectivity index (χ1) is 11.1. The summed E-state index contributed by atoms with van der Waals surface area (Å²) < 4.78 is 20.1. The molecule has 0 fully saturated rings. The van der Waals surface area contributed by atoms with Gasteiger partial charge >= 0.3 is 0 Å². The van der Waals surface area contributed by atoms with Crippen molar-refractivity contribution in [3.63, 3.8) is 0 Å². The smallest absolute Gasteiger partial charge is 0.222 e. The summed E-state index contributed by atoms with van der Waals surface area (Å²) in [4.78, 5) is 13.6. The van der Waals surface area contributed by atoms with Crippen molar-refractivity contribution in [2.75, 3.05) is 13.7 Å². The second-order valence-corrected chi connectivity index (χ2v) is 6.17. The Bertz CT molecular complexity index is 649. The molecule has 0 N–H and O–H groups in total. The Morgan fingerprint density at radius 1 is 1.22 bits per heavy atom. The predicted octanol–water partition coefficient (Wildman–Crippen LogP) is 4.41. The van der Waals surface area contributed by atoms with Gasteiger partial charge in [0.2, 0.25) is 5.91 Å². The average molecular weight is 380 g/mol. The molecule has 0 unspecified atom stereocenters. The number of carbonyl (C=O) groups is 1. The van der Waals surface area contributed by atoms with Crippen molar-refractivity contribution in [2.24, 2.45) is 0 Å². The molecule has 0 heterocycles. The van der Waals surface area contributed by atoms with Crippen LogP contribution < -0.4 is 4.74 Å². The summed E-state index contributed by atoms with van der Waals surface area (Å²) in [6, 6.07) is 14.2. The second kappa shape index (κ2) is 8.67. The fraction of sp³-hybridized carbons (Fsp3) is 0.278. The van der Waals surface area contributed by atoms with Crippen LogP contribution in [0, 0.1) is 5.82 Å². The fourth-order valence-electron chi connectivity index (χ4n) is 2.13. The van der Waals surface area contributed by atoms with Crippen LogP contribution in [0.25, 0.3) is 0 Å². The standard InChI is InChI=1S/C18H19BrFNO2/c1-21(13-14-12-15(19)9-10-17(14)20)18(22)8-5-11-23-16-6-3-2-4-7-16/h2-4,6-7,9-10,12H,5,8,11,13H2,1H3. The number of nitrogens with zero attached hydrogens (tertiary/aromatic N) is 1. The SMILES string of the molecule is CN(Cc1cc(Br)ccc1F)C(=O)CCCOc1ccccc1. The van der Waals surface area contributed by atoms with E-state index in [4.69, 9.17) is 4.74 Å². The number of halogens is 2. The summed E-state index contributed by atoms with van der Waals surface area (Å²) >= 11 is 3.31. The summed E-state index contributed by atoms with van der Waals surface area (Å²) in [5, 5.41) is 0. The van der Waals surface area contributed by atoms with Crippen LogP contribution >= 0.6 is 15.9 Å². The number of ether oxygens (including phenoxy) is 1. The molecule has 0 spiro atoms. The van der Waals surface area contributed by atoms with Gasteiger partial charge in [0, 0.05) is 30.0 Å². The van der Waals surface area contributed by atoms with Crippen molar-refractivity contribution in [3.8, 4) is 5.75 Å². The molecular formula is C18H19BrFNO2. The van der Waals surface area contributed by atoms with Crippen molar-refractivity contribution >= 4 is 21.8 Å². The van der Waals surface area contributed by atoms with E-state index >= 15 is 0 Å². The van der Waals surface area contributed by atoms with Gasteiger partial charge in [-0.3, -0.25) is 4.79 Å². The normalized spacial score (nSPS) is 10.4. The quantitative estimate of drug-likeness (QED) is 0.667. The lowest BCUT2D eigenvalue weighted by atomic mass is 10.2. The molecule has 0 aliphatic carbocycles. The summed E-state index contributed by atoms with van der Waals surface area (Å²) in [6.45, 7) is 0.735. The molecule has 2 rings (SSSR count). The van der Waals surface area contributed by atoms with E-state index in [0.29, 0.717) is 25.0 Å². The lowest BCUT2D eigenvalue weighted by molar-refractivity contribution is -0.130. The van der Waals surface area contributed by atoms with Crippen molar-refractivity contribution in [2.45, 2.75) is 19.4 Å². The number of hydrogen-bond acceptors (Lipinski definition) is 2. The van der Waals surface area contributed by atoms with Crippen LogP contribution in [0.5, 0.6) is 5.75 Å². The molecule has 23 heavy (non-hydrogen) atoms. The Labute approximate surface area is 144 Å². The summed E-state index contributed by atoms with van der Waals surface area (Å²) in [7, 11) is 1.68. The molecule has 0 atom stereocenters. The first-order valence-corrected chi connectivity index (χ1v) is 8.21. The third-order valence-corrected chi connectivity index (χ3v) is 3.88. The third kappa shape index (κ3) is 5.67. The van der Waals surface area contributed by atoms with Crippen LogP contribution in [-0.4, -0.2) is 24.5 Å². The van der Waals surface area contributed by atoms with E-state index < -0.39 is 0 Å². The number of rotatable bonds is 7. The highest BCUT2D eigenvalue weighted by atomic mass is 79.9. The highest BCUT2D eigenvalue weighted by Crippen LogP contribution is 2.17. The highest BCUT2D eigenvalue weighted by molar-refractivity contribution is 9.10. The average Bonchev–Trinajstić information content (AvgIpc) is 2.55. The van der Waals surface area contributed by atoms with Gasteiger partial charge in [-0.2, -0.15) is 0 Å². The zero-order chi connectivity index (χ0) is 16.7. The Kier molecular flexibility index (Phi) is 6.59. The summed E-state index contributed by atoms with van der Waals surface area (Å²) in [6.07, 6.45) is 0.998. The molecule has 0 radical (unpaired) electrons. The van der Waals surface area contributed by atoms with E-state index in [1.807, 2.05) is 30.3 Å². The number of hydrogen-bond donors (Lipinski definition) is 0. The molecule has 2 aromatic rings. The van der Waals surface area contributed by atoms with Crippen LogP contribution in [0.3, 0.4) is 0 Å². The van der Waals surface area contributed by atoms with Crippen LogP contribution in [0.4, 0.5) is 4.39 Å². The molecule has 122 valence electrons. The Hall–Kier alpha value is -1.88. The third-order valence-electron chi connectivity index (χ3n) is 3.39. The maximum atomic E-state index is 13.7. The largest absolute Gasteiger partial charge is 0.494 e. The molecule has 0 saturated heterocycles. The molecule has 0 aliphatic rings. The van der Waals surface area contributed by atoms with Crippen LogP contribution in [0.2, 0.25) is 0 Å². The van der Waals surface area contributed by atoms with E-state index in [0.717, 1.165) is 10.2 Å². The minimum Gasteiger partial charge on any atom is -0.494 e. The lowest BCUT2D eigenvalue weighted by Crippen LogP contribution is -2.26. The van der Waals surface area contributed by atoms with Crippen molar-refractivity contribution in [1.82, 2.24) is 4.90 Å². The molecular weight excluding hydrogens is 361 g/mol. The van der Waals surface area contributed by atoms with Gasteiger partial charge in [0.1, 0.15) is 11.6 Å². The maximum Gasteiger partial charge on any atom is 0.222 e. The van der Waals surface area contributed by atoms with Crippen molar-refractivity contribution in [1.29, 1.82) is 0 Å². The van der Waals surface area contributed by atoms with Gasteiger partial charge in [-0.15, -0.1) is 0 Å². The molecule has 0 saturated carbocycles. The lowest BCUT2D eigenvalue weighted by Gasteiger charge is -2.18. The zero-order valence-electron chi connectivity index (χ0n) is 13.0. The Balaban J connectivity index is 1.75. The zero-order valence-corrected chi connectivity index (χ0v) is 14.6. The predicted molar refractivity (Wildman–Crippen MR) is 91.7 cm³/mol. The van der Waals surface area contributed by atoms with Crippen LogP contribution in [0.15, 0.2) is 53.0 Å². The van der Waals surface area contributed by atoms with Gasteiger partial charge in [0.15, 0.2) is 0 Å². The van der Waals surface area contributed by atoms with Crippen molar-refractivity contribution < 1.29 is 13.9 Å². The molecule has 0 aliphatic heterocycles. The number of para-hydroxylation sites is 1. The highest BCUT2D eigenvalue weighted by Gasteiger charge is 2.12. The topological polar surface area (TPSA) is 29.5 Å². The van der Waals surface area contributed by atoms with E-state index in [9.17, 15) is 9.18 Å². The monoisotopic (exact) mass is 379 g/mol. The van der Waals surface area contributed by atoms with E-state index in [2.05, 4.69) is 15.9 Å². The van der Waals surface area contributed by atoms with Crippen LogP contribution in [0.1, 0.15) is 18.4 Å². The second-order valence-electron chi connectivity index (χ2n) is 5.25. The van der Waals surface area contributed by atoms with Gasteiger partial charge in [0.05, 0.1) is 6.61 Å². The first kappa shape index (κ1) is 17.5. The van der Waals surface area contributed by atoms with Gasteiger partial charge in [-0.1, -0.05) is 34.1 Å². The number of amides is 1. The number of benzene rings is 2. The molecule has 3 nitrogen and oxygen atoms in total. The maximum absolute atomic E-state index is 13.7. The molecule has 0 aromatic heterocycles. The Morgan fingerprint density at radius 2 is 1.96 bits per heavy atom. The molecule has 0 bridgehead atoms. The summed E-state index contributed by atoms with van der Waals surface area (Å²) in [5.74, 6) is 0.464. The first-order valence-electron chi connectivity index (χ1n) is 7.42. The van der Waals surface area contributed by atoms with E-state index in [-0.39, 0.29) is 18.3 Å². The number of carbonyl (C=O) groups excluding carboxylic acids is 1. The minimum absolute atomic E-state index is 0.0268. The fourth-order valence-corrected chi connectivity index (χ4v) is 2.54. The van der Waals surface area contributed by atoms with Crippen molar-refractivity contribution in [3.05, 3.63) is 64.4 Å². The van der Waals surface area contributed by atoms with Crippen LogP contribution in [-0.2, 0) is 11.3 Å². The summed E-state index contributed by atoms with van der Waals surface area (Å²) in [5.41, 5.74) is 0.496. The molecule has 1 amide bonds. The Morgan fingerprint density at radius 3 is 2.70 bits per heavy atom. The van der Waals surface area contributed by atoms with E-state index in [1.54, 1.807) is 19.2 Å². The minimum atomic E-state index is -0.305. The van der Waals surface area contributed by atoms with Gasteiger partial charge in [-0.05, 0) is 36.8 Å². The van der Waals surface area contributed by atoms with Gasteiger partial charge in [0.25, 0.3) is 0 Å². The van der Waals surface area contributed by atoms with Gasteiger partial charge < -0.3 is 9.64 Å². The van der Waals surface area contributed by atoms with Gasteiger partial charge in [-0.25, -0.2) is 4.39 Å². The molecule has 5 heteroatoms.